The minimum atomic E-state index is -1.15. The Bertz CT molecular complexity index is 741. The van der Waals surface area contributed by atoms with Crippen LogP contribution < -0.4 is 5.73 Å². The lowest BCUT2D eigenvalue weighted by Crippen LogP contribution is -2.58. The third-order valence-electron chi connectivity index (χ3n) is 3.96. The lowest BCUT2D eigenvalue weighted by Gasteiger charge is -2.38. The predicted molar refractivity (Wildman–Crippen MR) is 81.2 cm³/mol. The maximum atomic E-state index is 12.8. The molecule has 1 atom stereocenters. The molecule has 114 valence electrons. The highest BCUT2D eigenvalue weighted by atomic mass is 16.5. The van der Waals surface area contributed by atoms with Crippen molar-refractivity contribution in [1.82, 2.24) is 9.88 Å². The van der Waals surface area contributed by atoms with Gasteiger partial charge in [-0.3, -0.25) is 14.6 Å². The second-order valence-electron chi connectivity index (χ2n) is 5.55. The summed E-state index contributed by atoms with van der Waals surface area (Å²) in [5.74, 6) is -0.788. The molecule has 0 aliphatic carbocycles. The zero-order valence-corrected chi connectivity index (χ0v) is 12.3. The molecule has 2 N–H and O–H groups in total. The molecule has 2 amide bonds. The molecule has 0 unspecified atom stereocenters. The summed E-state index contributed by atoms with van der Waals surface area (Å²) in [4.78, 5) is 30.1. The lowest BCUT2D eigenvalue weighted by atomic mass is 10.0. The molecule has 0 radical (unpaired) electrons. The van der Waals surface area contributed by atoms with E-state index >= 15 is 0 Å². The molecule has 0 saturated carbocycles. The van der Waals surface area contributed by atoms with E-state index in [2.05, 4.69) is 4.98 Å². The zero-order valence-electron chi connectivity index (χ0n) is 12.3. The average molecular weight is 299 g/mol. The van der Waals surface area contributed by atoms with Crippen molar-refractivity contribution in [3.8, 4) is 0 Å². The van der Waals surface area contributed by atoms with Crippen molar-refractivity contribution < 1.29 is 14.3 Å². The van der Waals surface area contributed by atoms with Crippen LogP contribution in [0.25, 0.3) is 10.8 Å². The molecule has 1 saturated heterocycles. The SMILES string of the molecule is C[C@@]1(C(N)=O)CN(C(=O)c2nccc3ccccc23)CCO1. The first kappa shape index (κ1) is 14.5. The maximum Gasteiger partial charge on any atom is 0.273 e. The van der Waals surface area contributed by atoms with Gasteiger partial charge in [-0.1, -0.05) is 24.3 Å². The van der Waals surface area contributed by atoms with Crippen molar-refractivity contribution in [2.45, 2.75) is 12.5 Å². The summed E-state index contributed by atoms with van der Waals surface area (Å²) in [6.07, 6.45) is 1.61. The summed E-state index contributed by atoms with van der Waals surface area (Å²) in [6, 6.07) is 9.44. The van der Waals surface area contributed by atoms with Gasteiger partial charge in [0, 0.05) is 18.1 Å². The molecule has 0 bridgehead atoms. The highest BCUT2D eigenvalue weighted by Gasteiger charge is 2.39. The van der Waals surface area contributed by atoms with E-state index in [1.165, 1.54) is 0 Å². The van der Waals surface area contributed by atoms with Crippen LogP contribution >= 0.6 is 0 Å². The number of carbonyl (C=O) groups excluding carboxylic acids is 2. The van der Waals surface area contributed by atoms with Crippen molar-refractivity contribution in [1.29, 1.82) is 0 Å². The monoisotopic (exact) mass is 299 g/mol. The highest BCUT2D eigenvalue weighted by molar-refractivity contribution is 6.05. The van der Waals surface area contributed by atoms with Crippen LogP contribution in [0.3, 0.4) is 0 Å². The Morgan fingerprint density at radius 3 is 2.86 bits per heavy atom. The minimum Gasteiger partial charge on any atom is -0.367 e. The largest absolute Gasteiger partial charge is 0.367 e. The van der Waals surface area contributed by atoms with E-state index in [0.717, 1.165) is 10.8 Å². The predicted octanol–water partition coefficient (Wildman–Crippen LogP) is 0.951. The number of nitrogens with zero attached hydrogens (tertiary/aromatic N) is 2. The fourth-order valence-electron chi connectivity index (χ4n) is 2.63. The van der Waals surface area contributed by atoms with Crippen molar-refractivity contribution in [3.05, 3.63) is 42.2 Å². The van der Waals surface area contributed by atoms with E-state index in [1.807, 2.05) is 30.3 Å². The van der Waals surface area contributed by atoms with E-state index in [9.17, 15) is 9.59 Å². The van der Waals surface area contributed by atoms with Crippen LogP contribution in [0, 0.1) is 0 Å². The maximum absolute atomic E-state index is 12.8. The third kappa shape index (κ3) is 2.42. The summed E-state index contributed by atoms with van der Waals surface area (Å²) in [5.41, 5.74) is 4.60. The van der Waals surface area contributed by atoms with Gasteiger partial charge < -0.3 is 15.4 Å². The fraction of sp³-hybridized carbons (Fsp3) is 0.312. The number of amides is 2. The summed E-state index contributed by atoms with van der Waals surface area (Å²) < 4.78 is 5.44. The molecule has 2 heterocycles. The number of ether oxygens (including phenoxy) is 1. The summed E-state index contributed by atoms with van der Waals surface area (Å²) in [6.45, 7) is 2.42. The molecule has 6 heteroatoms. The Hall–Kier alpha value is -2.47. The molecule has 6 nitrogen and oxygen atoms in total. The standard InChI is InChI=1S/C16H17N3O3/c1-16(15(17)21)10-19(8-9-22-16)14(20)13-12-5-3-2-4-11(12)6-7-18-13/h2-7H,8-10H2,1H3,(H2,17,21)/t16-/m0/s1. The van der Waals surface area contributed by atoms with Crippen LogP contribution in [0.5, 0.6) is 0 Å². The number of aromatic nitrogens is 1. The van der Waals surface area contributed by atoms with Gasteiger partial charge in [0.1, 0.15) is 5.69 Å². The van der Waals surface area contributed by atoms with Gasteiger partial charge in [0.2, 0.25) is 0 Å². The average Bonchev–Trinajstić information content (AvgIpc) is 2.53. The van der Waals surface area contributed by atoms with Gasteiger partial charge in [-0.15, -0.1) is 0 Å². The fourth-order valence-corrected chi connectivity index (χ4v) is 2.63. The van der Waals surface area contributed by atoms with Crippen LogP contribution in [0.1, 0.15) is 17.4 Å². The minimum absolute atomic E-state index is 0.131. The molecule has 0 spiro atoms. The highest BCUT2D eigenvalue weighted by Crippen LogP contribution is 2.22. The van der Waals surface area contributed by atoms with Gasteiger partial charge in [0.05, 0.1) is 13.2 Å². The Morgan fingerprint density at radius 1 is 1.32 bits per heavy atom. The Morgan fingerprint density at radius 2 is 2.09 bits per heavy atom. The molecule has 1 aliphatic heterocycles. The molecular formula is C16H17N3O3. The quantitative estimate of drug-likeness (QED) is 0.894. The van der Waals surface area contributed by atoms with E-state index < -0.39 is 11.5 Å². The molecule has 1 aliphatic rings. The van der Waals surface area contributed by atoms with Gasteiger partial charge in [0.25, 0.3) is 11.8 Å². The van der Waals surface area contributed by atoms with Crippen LogP contribution in [0.4, 0.5) is 0 Å². The molecule has 2 aromatic rings. The molecule has 1 aromatic carbocycles. The number of carbonyl (C=O) groups is 2. The Balaban J connectivity index is 1.94. The second-order valence-corrected chi connectivity index (χ2v) is 5.55. The van der Waals surface area contributed by atoms with Gasteiger partial charge in [-0.2, -0.15) is 0 Å². The molecule has 22 heavy (non-hydrogen) atoms. The number of pyridine rings is 1. The van der Waals surface area contributed by atoms with Crippen LogP contribution in [-0.2, 0) is 9.53 Å². The van der Waals surface area contributed by atoms with Crippen LogP contribution in [-0.4, -0.2) is 47.0 Å². The summed E-state index contributed by atoms with van der Waals surface area (Å²) in [7, 11) is 0. The number of nitrogens with two attached hydrogens (primary N) is 1. The van der Waals surface area contributed by atoms with Gasteiger partial charge in [-0.25, -0.2) is 0 Å². The van der Waals surface area contributed by atoms with E-state index in [0.29, 0.717) is 12.2 Å². The van der Waals surface area contributed by atoms with Crippen LogP contribution in [0.2, 0.25) is 0 Å². The van der Waals surface area contributed by atoms with Crippen molar-refractivity contribution in [2.24, 2.45) is 5.73 Å². The molecule has 3 rings (SSSR count). The Kier molecular flexibility index (Phi) is 3.54. The Labute approximate surface area is 127 Å². The van der Waals surface area contributed by atoms with E-state index in [4.69, 9.17) is 10.5 Å². The first-order valence-corrected chi connectivity index (χ1v) is 7.08. The normalized spacial score (nSPS) is 21.8. The molecular weight excluding hydrogens is 282 g/mol. The molecule has 1 fully saturated rings. The summed E-state index contributed by atoms with van der Waals surface area (Å²) in [5, 5.41) is 1.74. The van der Waals surface area contributed by atoms with Crippen molar-refractivity contribution >= 4 is 22.6 Å². The first-order valence-electron chi connectivity index (χ1n) is 7.08. The number of fused-ring (bicyclic) bond motifs is 1. The van der Waals surface area contributed by atoms with Crippen LogP contribution in [0.15, 0.2) is 36.5 Å². The summed E-state index contributed by atoms with van der Waals surface area (Å²) >= 11 is 0. The number of benzene rings is 1. The topological polar surface area (TPSA) is 85.5 Å². The second kappa shape index (κ2) is 5.38. The zero-order chi connectivity index (χ0) is 15.7. The van der Waals surface area contributed by atoms with Crippen molar-refractivity contribution in [2.75, 3.05) is 19.7 Å². The van der Waals surface area contributed by atoms with E-state index in [-0.39, 0.29) is 19.1 Å². The van der Waals surface area contributed by atoms with Gasteiger partial charge in [0.15, 0.2) is 5.60 Å². The lowest BCUT2D eigenvalue weighted by molar-refractivity contribution is -0.150. The number of hydrogen-bond donors (Lipinski definition) is 1. The number of hydrogen-bond acceptors (Lipinski definition) is 4. The smallest absolute Gasteiger partial charge is 0.273 e. The number of primary amides is 1. The van der Waals surface area contributed by atoms with E-state index in [1.54, 1.807) is 18.0 Å². The van der Waals surface area contributed by atoms with Gasteiger partial charge in [-0.05, 0) is 18.4 Å². The number of morpholine rings is 1. The number of rotatable bonds is 2. The third-order valence-corrected chi connectivity index (χ3v) is 3.96. The van der Waals surface area contributed by atoms with Gasteiger partial charge >= 0.3 is 0 Å². The first-order chi connectivity index (χ1) is 10.5. The van der Waals surface area contributed by atoms with Crippen molar-refractivity contribution in [3.63, 3.8) is 0 Å². The molecule has 1 aromatic heterocycles.